The Labute approximate surface area is 158 Å². The molecular weight excluding hydrogens is 388 g/mol. The predicted octanol–water partition coefficient (Wildman–Crippen LogP) is 0.275. The monoisotopic (exact) mass is 400 g/mol. The van der Waals surface area contributed by atoms with E-state index in [0.717, 1.165) is 6.26 Å². The zero-order chi connectivity index (χ0) is 20.3. The Kier molecular flexibility index (Phi) is 4.78. The number of nitrogen functional groups attached to an aromatic ring is 2. The van der Waals surface area contributed by atoms with E-state index in [0.29, 0.717) is 0 Å². The molecular formula is C13H12N12O2S. The fourth-order valence-electron chi connectivity index (χ4n) is 1.97. The molecule has 0 radical (unpaired) electrons. The van der Waals surface area contributed by atoms with Gasteiger partial charge in [-0.25, -0.2) is 18.4 Å². The molecule has 3 rings (SSSR count). The van der Waals surface area contributed by atoms with Gasteiger partial charge >= 0.3 is 0 Å². The Bertz CT molecular complexity index is 1170. The van der Waals surface area contributed by atoms with Crippen molar-refractivity contribution in [2.24, 2.45) is 10.2 Å². The second-order valence-corrected chi connectivity index (χ2v) is 6.94. The number of nitriles is 1. The second-order valence-electron chi connectivity index (χ2n) is 5.19. The summed E-state index contributed by atoms with van der Waals surface area (Å²) in [6, 6.07) is 3.54. The molecule has 14 nitrogen and oxygen atoms in total. The maximum Gasteiger partial charge on any atom is 0.252 e. The zero-order valence-corrected chi connectivity index (χ0v) is 15.0. The molecule has 3 aromatic heterocycles. The third kappa shape index (κ3) is 3.96. The number of nitrogens with one attached hydrogen (secondary N) is 1. The summed E-state index contributed by atoms with van der Waals surface area (Å²) in [6.07, 6.45) is 5.18. The van der Waals surface area contributed by atoms with Crippen molar-refractivity contribution in [1.29, 1.82) is 5.26 Å². The summed E-state index contributed by atoms with van der Waals surface area (Å²) in [7, 11) is -3.62. The first-order valence-electron chi connectivity index (χ1n) is 7.36. The first-order valence-corrected chi connectivity index (χ1v) is 9.25. The summed E-state index contributed by atoms with van der Waals surface area (Å²) in [4.78, 5) is 15.6. The van der Waals surface area contributed by atoms with E-state index in [4.69, 9.17) is 11.5 Å². The summed E-state index contributed by atoms with van der Waals surface area (Å²) in [5, 5.41) is 21.1. The van der Waals surface area contributed by atoms with Crippen molar-refractivity contribution in [3.05, 3.63) is 30.2 Å². The van der Waals surface area contributed by atoms with Gasteiger partial charge in [0, 0.05) is 12.4 Å². The molecule has 15 heteroatoms. The van der Waals surface area contributed by atoms with E-state index < -0.39 is 10.0 Å². The highest BCUT2D eigenvalue weighted by Gasteiger charge is 2.16. The zero-order valence-electron chi connectivity index (χ0n) is 14.2. The molecule has 0 saturated heterocycles. The van der Waals surface area contributed by atoms with E-state index in [1.807, 2.05) is 6.07 Å². The average molecular weight is 400 g/mol. The quantitative estimate of drug-likeness (QED) is 0.496. The van der Waals surface area contributed by atoms with E-state index in [2.05, 4.69) is 40.0 Å². The Morgan fingerprint density at radius 3 is 2.39 bits per heavy atom. The van der Waals surface area contributed by atoms with Gasteiger partial charge < -0.3 is 11.5 Å². The van der Waals surface area contributed by atoms with Crippen molar-refractivity contribution in [3.63, 3.8) is 0 Å². The van der Waals surface area contributed by atoms with Crippen molar-refractivity contribution in [2.45, 2.75) is 0 Å². The molecule has 0 aliphatic carbocycles. The Hall–Kier alpha value is -4.19. The Morgan fingerprint density at radius 1 is 1.18 bits per heavy atom. The van der Waals surface area contributed by atoms with Crippen LogP contribution in [0.25, 0.3) is 5.95 Å². The van der Waals surface area contributed by atoms with Gasteiger partial charge in [-0.2, -0.15) is 25.0 Å². The lowest BCUT2D eigenvalue weighted by Gasteiger charge is -2.06. The van der Waals surface area contributed by atoms with Gasteiger partial charge in [0.25, 0.3) is 5.95 Å². The van der Waals surface area contributed by atoms with Crippen LogP contribution in [-0.4, -0.2) is 44.4 Å². The lowest BCUT2D eigenvalue weighted by Crippen LogP contribution is -2.14. The maximum atomic E-state index is 11.3. The van der Waals surface area contributed by atoms with Gasteiger partial charge in [-0.15, -0.1) is 10.2 Å². The highest BCUT2D eigenvalue weighted by molar-refractivity contribution is 7.91. The van der Waals surface area contributed by atoms with Crippen LogP contribution in [0, 0.1) is 11.3 Å². The van der Waals surface area contributed by atoms with Crippen molar-refractivity contribution in [2.75, 3.05) is 22.4 Å². The van der Waals surface area contributed by atoms with Gasteiger partial charge in [-0.05, 0) is 6.07 Å². The average Bonchev–Trinajstić information content (AvgIpc) is 3.03. The van der Waals surface area contributed by atoms with Crippen LogP contribution in [0.15, 0.2) is 34.9 Å². The van der Waals surface area contributed by atoms with Crippen LogP contribution in [0.2, 0.25) is 0 Å². The SMILES string of the molecule is CS(=O)(=O)Nc1nc(N)c(/N=N/c2c(C#N)cnn2-c2ncccn2)c(N)n1. The topological polar surface area (TPSA) is 216 Å². The Morgan fingerprint density at radius 2 is 1.82 bits per heavy atom. The molecule has 0 aliphatic rings. The number of sulfonamides is 1. The largest absolute Gasteiger partial charge is 0.382 e. The summed E-state index contributed by atoms with van der Waals surface area (Å²) in [5.74, 6) is -0.545. The number of hydrogen-bond donors (Lipinski definition) is 3. The smallest absolute Gasteiger partial charge is 0.252 e. The minimum Gasteiger partial charge on any atom is -0.382 e. The van der Waals surface area contributed by atoms with Gasteiger partial charge in [-0.1, -0.05) is 0 Å². The van der Waals surface area contributed by atoms with Crippen LogP contribution < -0.4 is 16.2 Å². The molecule has 142 valence electrons. The van der Waals surface area contributed by atoms with Crippen LogP contribution in [0.3, 0.4) is 0 Å². The minimum absolute atomic E-state index is 0.0332. The fourth-order valence-corrected chi connectivity index (χ4v) is 2.39. The molecule has 0 aliphatic heterocycles. The van der Waals surface area contributed by atoms with Gasteiger partial charge in [-0.3, -0.25) is 4.72 Å². The van der Waals surface area contributed by atoms with Crippen LogP contribution in [-0.2, 0) is 10.0 Å². The van der Waals surface area contributed by atoms with Gasteiger partial charge in [0.05, 0.1) is 12.5 Å². The van der Waals surface area contributed by atoms with Crippen molar-refractivity contribution in [3.8, 4) is 12.0 Å². The standard InChI is InChI=1S/C13H12N12O2S/c1-28(26,27)24-12-20-9(15)8(10(16)21-12)22-23-11-7(5-14)6-19-25(11)13-17-3-2-4-18-13/h2-4,6H,1H3,(H5,15,16,20,21,24)/b23-22+. The molecule has 0 spiro atoms. The molecule has 28 heavy (non-hydrogen) atoms. The number of azo groups is 1. The number of aromatic nitrogens is 6. The number of anilines is 3. The molecule has 0 atom stereocenters. The van der Waals surface area contributed by atoms with Crippen LogP contribution >= 0.6 is 0 Å². The molecule has 0 bridgehead atoms. The van der Waals surface area contributed by atoms with Gasteiger partial charge in [0.1, 0.15) is 11.6 Å². The third-order valence-electron chi connectivity index (χ3n) is 3.07. The molecule has 5 N–H and O–H groups in total. The number of rotatable bonds is 5. The second kappa shape index (κ2) is 7.20. The highest BCUT2D eigenvalue weighted by Crippen LogP contribution is 2.30. The molecule has 3 heterocycles. The normalized spacial score (nSPS) is 11.4. The molecule has 0 aromatic carbocycles. The summed E-state index contributed by atoms with van der Waals surface area (Å²) >= 11 is 0. The van der Waals surface area contributed by atoms with Gasteiger partial charge in [0.15, 0.2) is 23.1 Å². The van der Waals surface area contributed by atoms with Crippen LogP contribution in [0.4, 0.5) is 29.1 Å². The summed E-state index contributed by atoms with van der Waals surface area (Å²) in [6.45, 7) is 0. The predicted molar refractivity (Wildman–Crippen MR) is 97.4 cm³/mol. The fraction of sp³-hybridized carbons (Fsp3) is 0.0769. The number of nitrogens with zero attached hydrogens (tertiary/aromatic N) is 9. The Balaban J connectivity index is 2.01. The van der Waals surface area contributed by atoms with E-state index in [1.165, 1.54) is 23.3 Å². The van der Waals surface area contributed by atoms with E-state index in [1.54, 1.807) is 6.07 Å². The number of nitrogens with two attached hydrogens (primary N) is 2. The lowest BCUT2D eigenvalue weighted by atomic mass is 10.4. The molecule has 0 unspecified atom stereocenters. The third-order valence-corrected chi connectivity index (χ3v) is 3.62. The van der Waals surface area contributed by atoms with Crippen molar-refractivity contribution < 1.29 is 8.42 Å². The molecule has 3 aromatic rings. The molecule has 0 amide bonds. The van der Waals surface area contributed by atoms with Crippen LogP contribution in [0.1, 0.15) is 5.56 Å². The van der Waals surface area contributed by atoms with Gasteiger partial charge in [0.2, 0.25) is 16.0 Å². The number of hydrogen-bond acceptors (Lipinski definition) is 12. The molecule has 0 fully saturated rings. The maximum absolute atomic E-state index is 11.3. The van der Waals surface area contributed by atoms with Crippen molar-refractivity contribution in [1.82, 2.24) is 29.7 Å². The summed E-state index contributed by atoms with van der Waals surface area (Å²) in [5.41, 5.74) is 11.5. The first kappa shape index (κ1) is 18.6. The minimum atomic E-state index is -3.62. The highest BCUT2D eigenvalue weighted by atomic mass is 32.2. The lowest BCUT2D eigenvalue weighted by molar-refractivity contribution is 0.606. The van der Waals surface area contributed by atoms with Crippen molar-refractivity contribution >= 4 is 39.1 Å². The summed E-state index contributed by atoms with van der Waals surface area (Å²) < 4.78 is 25.8. The van der Waals surface area contributed by atoms with E-state index in [-0.39, 0.29) is 40.6 Å². The molecule has 0 saturated carbocycles. The first-order chi connectivity index (χ1) is 13.3. The van der Waals surface area contributed by atoms with E-state index >= 15 is 0 Å². The van der Waals surface area contributed by atoms with Crippen LogP contribution in [0.5, 0.6) is 0 Å². The van der Waals surface area contributed by atoms with E-state index in [9.17, 15) is 13.7 Å².